The fraction of sp³-hybridized carbons (Fsp3) is 0.588. The summed E-state index contributed by atoms with van der Waals surface area (Å²) in [6.45, 7) is 15.2. The Bertz CT molecular complexity index is 431. The van der Waals surface area contributed by atoms with E-state index in [2.05, 4.69) is 66.7 Å². The molecule has 0 fully saturated rings. The fourth-order valence-electron chi connectivity index (χ4n) is 2.04. The van der Waals surface area contributed by atoms with Crippen LogP contribution in [0.25, 0.3) is 0 Å². The maximum absolute atomic E-state index is 10.4. The summed E-state index contributed by atoms with van der Waals surface area (Å²) in [5.74, 6) is 0.442. The van der Waals surface area contributed by atoms with E-state index in [9.17, 15) is 4.79 Å². The second-order valence-electron chi connectivity index (χ2n) is 7.07. The van der Waals surface area contributed by atoms with Gasteiger partial charge in [0.05, 0.1) is 11.1 Å². The van der Waals surface area contributed by atoms with Crippen molar-refractivity contribution in [2.24, 2.45) is 10.8 Å². The minimum Gasteiger partial charge on any atom is -0.273 e. The van der Waals surface area contributed by atoms with Crippen LogP contribution in [0.1, 0.15) is 54.9 Å². The van der Waals surface area contributed by atoms with Gasteiger partial charge in [-0.3, -0.25) is 4.79 Å². The van der Waals surface area contributed by atoms with E-state index in [-0.39, 0.29) is 10.8 Å². The third-order valence-corrected chi connectivity index (χ3v) is 3.24. The Morgan fingerprint density at radius 1 is 1.00 bits per heavy atom. The van der Waals surface area contributed by atoms with Crippen LogP contribution in [0, 0.1) is 10.8 Å². The van der Waals surface area contributed by atoms with Gasteiger partial charge in [0.2, 0.25) is 0 Å². The van der Waals surface area contributed by atoms with E-state index in [0.29, 0.717) is 5.78 Å². The topological polar surface area (TPSA) is 21.4 Å². The number of hydrogen-bond acceptors (Lipinski definition) is 0. The average molecular weight is 247 g/mol. The van der Waals surface area contributed by atoms with Gasteiger partial charge in [0.1, 0.15) is 0 Å². The monoisotopic (exact) mass is 247 g/mol. The molecule has 0 aromatic rings. The molecule has 0 atom stereocenters. The molecule has 0 radical (unpaired) electrons. The van der Waals surface area contributed by atoms with Gasteiger partial charge in [-0.25, -0.2) is 0 Å². The van der Waals surface area contributed by atoms with E-state index in [1.54, 1.807) is 0 Å². The van der Waals surface area contributed by atoms with Gasteiger partial charge in [-0.1, -0.05) is 54.5 Å². The zero-order chi connectivity index (χ0) is 14.1. The van der Waals surface area contributed by atoms with Gasteiger partial charge in [0.25, 0.3) is 0 Å². The molecule has 1 aliphatic carbocycles. The minimum absolute atomic E-state index is 0.0400. The molecule has 1 aliphatic rings. The Morgan fingerprint density at radius 2 is 1.56 bits per heavy atom. The van der Waals surface area contributed by atoms with Crippen molar-refractivity contribution in [3.63, 3.8) is 0 Å². The van der Waals surface area contributed by atoms with E-state index in [1.807, 2.05) is 0 Å². The van der Waals surface area contributed by atoms with E-state index in [1.165, 1.54) is 5.57 Å². The first-order chi connectivity index (χ1) is 8.07. The third-order valence-electron chi connectivity index (χ3n) is 3.24. The van der Waals surface area contributed by atoms with Gasteiger partial charge in [0, 0.05) is 0 Å². The molecule has 18 heavy (non-hydrogen) atoms. The van der Waals surface area contributed by atoms with Gasteiger partial charge in [-0.05, 0) is 35.0 Å². The van der Waals surface area contributed by atoms with Crippen LogP contribution in [0.5, 0.6) is 0 Å². The van der Waals surface area contributed by atoms with Crippen molar-refractivity contribution < 1.29 is 4.79 Å². The molecule has 0 bridgehead atoms. The molecule has 1 rings (SSSR count). The largest absolute Gasteiger partial charge is 0.350 e. The number of carbonyl (C=O) groups excluding carboxylic acids is 1. The number of rotatable bonds is 1. The summed E-state index contributed by atoms with van der Waals surface area (Å²) in [5, 5.41) is 0. The predicted molar refractivity (Wildman–Crippen MR) is 80.4 cm³/mol. The van der Waals surface area contributed by atoms with Gasteiger partial charge >= 0.3 is 5.78 Å². The lowest BCUT2D eigenvalue weighted by atomic mass is 9.73. The summed E-state index contributed by atoms with van der Waals surface area (Å²) in [5.41, 5.74) is 3.35. The first kappa shape index (κ1) is 14.9. The maximum Gasteiger partial charge on any atom is 0.350 e. The molecule has 0 aromatic heterocycles. The SMILES string of the molecule is CCC=C1C=C(C(C)(C)C)C=C(C(C)(C)C)C1=[OH+]. The van der Waals surface area contributed by atoms with Gasteiger partial charge in [-0.2, -0.15) is 0 Å². The summed E-state index contributed by atoms with van der Waals surface area (Å²) in [6.07, 6.45) is 7.31. The molecule has 0 spiro atoms. The Kier molecular flexibility index (Phi) is 4.05. The molecule has 1 nitrogen and oxygen atoms in total. The van der Waals surface area contributed by atoms with E-state index < -0.39 is 0 Å². The summed E-state index contributed by atoms with van der Waals surface area (Å²) >= 11 is 0. The van der Waals surface area contributed by atoms with Crippen molar-refractivity contribution >= 4 is 5.78 Å². The average Bonchev–Trinajstić information content (AvgIpc) is 2.17. The molecular formula is C17H27O+. The molecule has 100 valence electrons. The van der Waals surface area contributed by atoms with Crippen LogP contribution in [0.15, 0.2) is 34.9 Å². The van der Waals surface area contributed by atoms with Crippen molar-refractivity contribution in [1.29, 1.82) is 0 Å². The summed E-state index contributed by atoms with van der Waals surface area (Å²) in [4.78, 5) is 10.4. The molecule has 1 N–H and O–H groups in total. The van der Waals surface area contributed by atoms with Gasteiger partial charge in [0.15, 0.2) is 0 Å². The van der Waals surface area contributed by atoms with Gasteiger partial charge < -0.3 is 0 Å². The van der Waals surface area contributed by atoms with E-state index >= 15 is 0 Å². The highest BCUT2D eigenvalue weighted by molar-refractivity contribution is 6.13. The van der Waals surface area contributed by atoms with Crippen molar-refractivity contribution in [2.45, 2.75) is 54.9 Å². The molecular weight excluding hydrogens is 220 g/mol. The van der Waals surface area contributed by atoms with Crippen LogP contribution in [-0.2, 0) is 0 Å². The fourth-order valence-corrected chi connectivity index (χ4v) is 2.04. The first-order valence-electron chi connectivity index (χ1n) is 6.78. The maximum atomic E-state index is 10.4. The smallest absolute Gasteiger partial charge is 0.273 e. The number of hydrogen-bond donors (Lipinski definition) is 0. The van der Waals surface area contributed by atoms with E-state index in [0.717, 1.165) is 17.6 Å². The molecule has 0 heterocycles. The standard InChI is InChI=1S/C17H26O/c1-8-9-12-10-13(16(2,3)4)11-14(15(12)18)17(5,6)7/h9-11H,8H2,1-7H3/p+1. The van der Waals surface area contributed by atoms with Crippen molar-refractivity contribution in [2.75, 3.05) is 0 Å². The van der Waals surface area contributed by atoms with Crippen LogP contribution in [0.4, 0.5) is 0 Å². The number of ketones is 1. The van der Waals surface area contributed by atoms with Crippen LogP contribution < -0.4 is 0 Å². The lowest BCUT2D eigenvalue weighted by Crippen LogP contribution is -2.24. The molecule has 0 saturated heterocycles. The molecule has 0 unspecified atom stereocenters. The Labute approximate surface area is 112 Å². The highest BCUT2D eigenvalue weighted by atomic mass is 16.1. The van der Waals surface area contributed by atoms with Gasteiger partial charge in [-0.15, -0.1) is 0 Å². The first-order valence-corrected chi connectivity index (χ1v) is 6.78. The summed E-state index contributed by atoms with van der Waals surface area (Å²) in [7, 11) is 0. The Balaban J connectivity index is 3.37. The third kappa shape index (κ3) is 3.22. The quantitative estimate of drug-likeness (QED) is 0.468. The van der Waals surface area contributed by atoms with Crippen LogP contribution in [0.3, 0.4) is 0 Å². The van der Waals surface area contributed by atoms with Crippen LogP contribution in [0.2, 0.25) is 0 Å². The molecule has 0 saturated carbocycles. The number of allylic oxidation sites excluding steroid dienone is 6. The van der Waals surface area contributed by atoms with E-state index in [4.69, 9.17) is 0 Å². The lowest BCUT2D eigenvalue weighted by Gasteiger charge is -2.28. The van der Waals surface area contributed by atoms with Crippen LogP contribution in [-0.4, -0.2) is 10.6 Å². The zero-order valence-corrected chi connectivity index (χ0v) is 12.9. The highest BCUT2D eigenvalue weighted by Gasteiger charge is 2.35. The summed E-state index contributed by atoms with van der Waals surface area (Å²) in [6, 6.07) is 0. The Morgan fingerprint density at radius 3 is 1.94 bits per heavy atom. The van der Waals surface area contributed by atoms with Crippen molar-refractivity contribution in [3.05, 3.63) is 34.9 Å². The predicted octanol–water partition coefficient (Wildman–Crippen LogP) is 4.83. The normalized spacial score (nSPS) is 19.9. The zero-order valence-electron chi connectivity index (χ0n) is 12.9. The molecule has 0 amide bonds. The molecule has 0 aliphatic heterocycles. The highest BCUT2D eigenvalue weighted by Crippen LogP contribution is 2.38. The summed E-state index contributed by atoms with van der Waals surface area (Å²) < 4.78 is 0. The second-order valence-corrected chi connectivity index (χ2v) is 7.07. The lowest BCUT2D eigenvalue weighted by molar-refractivity contribution is 0.493. The molecule has 0 aromatic carbocycles. The second kappa shape index (κ2) is 4.87. The van der Waals surface area contributed by atoms with Crippen molar-refractivity contribution in [3.8, 4) is 0 Å². The minimum atomic E-state index is -0.0400. The Hall–Kier alpha value is -1.11. The van der Waals surface area contributed by atoms with Crippen molar-refractivity contribution in [1.82, 2.24) is 0 Å². The molecule has 1 heteroatoms. The van der Waals surface area contributed by atoms with Crippen LogP contribution >= 0.6 is 0 Å².